The van der Waals surface area contributed by atoms with Gasteiger partial charge in [0.05, 0.1) is 18.6 Å². The van der Waals surface area contributed by atoms with Gasteiger partial charge >= 0.3 is 0 Å². The number of rotatable bonds is 8. The predicted octanol–water partition coefficient (Wildman–Crippen LogP) is 2.65. The van der Waals surface area contributed by atoms with Gasteiger partial charge in [-0.3, -0.25) is 4.90 Å². The van der Waals surface area contributed by atoms with Crippen LogP contribution in [-0.4, -0.2) is 65.4 Å². The third kappa shape index (κ3) is 5.72. The van der Waals surface area contributed by atoms with E-state index in [0.29, 0.717) is 24.5 Å². The number of nitrogens with two attached hydrogens (primary N) is 1. The fourth-order valence-corrected chi connectivity index (χ4v) is 5.01. The fourth-order valence-electron chi connectivity index (χ4n) is 4.43. The van der Waals surface area contributed by atoms with Crippen LogP contribution in [0.3, 0.4) is 0 Å². The third-order valence-electron chi connectivity index (χ3n) is 6.10. The second kappa shape index (κ2) is 9.40. The van der Waals surface area contributed by atoms with E-state index < -0.39 is 15.6 Å². The summed E-state index contributed by atoms with van der Waals surface area (Å²) in [5, 5.41) is 5.37. The molecule has 2 aliphatic rings. The van der Waals surface area contributed by atoms with Gasteiger partial charge in [-0.05, 0) is 38.5 Å². The topological polar surface area (TPSA) is 94.3 Å². The minimum Gasteiger partial charge on any atom is -0.497 e. The van der Waals surface area contributed by atoms with Gasteiger partial charge in [0.25, 0.3) is 0 Å². The zero-order chi connectivity index (χ0) is 23.6. The number of primary sulfonamides is 1. The first-order valence-corrected chi connectivity index (χ1v) is 12.8. The van der Waals surface area contributed by atoms with Crippen molar-refractivity contribution in [2.24, 2.45) is 5.14 Å². The molecule has 2 aromatic rings. The highest BCUT2D eigenvalue weighted by atomic mass is 32.2. The zero-order valence-corrected chi connectivity index (χ0v) is 20.4. The summed E-state index contributed by atoms with van der Waals surface area (Å²) in [6, 6.07) is 11.2. The Kier molecular flexibility index (Phi) is 6.74. The molecule has 0 unspecified atom stereocenters. The largest absolute Gasteiger partial charge is 0.497 e. The van der Waals surface area contributed by atoms with Crippen molar-refractivity contribution < 1.29 is 22.6 Å². The van der Waals surface area contributed by atoms with E-state index >= 15 is 0 Å². The summed E-state index contributed by atoms with van der Waals surface area (Å²) in [5.74, 6) is 1.95. The van der Waals surface area contributed by atoms with Gasteiger partial charge < -0.3 is 19.1 Å². The second-order valence-electron chi connectivity index (χ2n) is 9.23. The Bertz CT molecular complexity index is 1100. The van der Waals surface area contributed by atoms with Gasteiger partial charge in [0.15, 0.2) is 11.5 Å². The number of fused-ring (bicyclic) bond motifs is 1. The molecule has 9 heteroatoms. The lowest BCUT2D eigenvalue weighted by Crippen LogP contribution is -2.46. The van der Waals surface area contributed by atoms with E-state index in [2.05, 4.69) is 21.9 Å². The minimum atomic E-state index is -3.82. The molecule has 2 aromatic carbocycles. The smallest absolute Gasteiger partial charge is 0.238 e. The highest BCUT2D eigenvalue weighted by molar-refractivity contribution is 7.89. The van der Waals surface area contributed by atoms with Gasteiger partial charge in [0.1, 0.15) is 11.4 Å². The van der Waals surface area contributed by atoms with Crippen LogP contribution in [0.25, 0.3) is 0 Å². The Morgan fingerprint density at radius 1 is 1.12 bits per heavy atom. The molecule has 1 saturated heterocycles. The van der Waals surface area contributed by atoms with E-state index in [1.165, 1.54) is 11.8 Å². The van der Waals surface area contributed by atoms with Crippen molar-refractivity contribution in [1.82, 2.24) is 4.90 Å². The molecule has 1 fully saturated rings. The molecule has 2 heterocycles. The number of anilines is 1. The highest BCUT2D eigenvalue weighted by Crippen LogP contribution is 2.43. The molecule has 0 bridgehead atoms. The van der Waals surface area contributed by atoms with Crippen LogP contribution in [0, 0.1) is 0 Å². The highest BCUT2D eigenvalue weighted by Gasteiger charge is 2.34. The van der Waals surface area contributed by atoms with Gasteiger partial charge in [-0.2, -0.15) is 0 Å². The molecule has 2 aliphatic heterocycles. The summed E-state index contributed by atoms with van der Waals surface area (Å²) >= 11 is 0. The Morgan fingerprint density at radius 3 is 2.58 bits per heavy atom. The first-order valence-electron chi connectivity index (χ1n) is 11.3. The van der Waals surface area contributed by atoms with E-state index in [4.69, 9.17) is 19.3 Å². The van der Waals surface area contributed by atoms with E-state index in [9.17, 15) is 8.42 Å². The molecule has 0 atom stereocenters. The maximum atomic E-state index is 11.9. The molecule has 0 amide bonds. The molecule has 33 heavy (non-hydrogen) atoms. The number of hydrogen-bond acceptors (Lipinski definition) is 7. The zero-order valence-electron chi connectivity index (χ0n) is 19.5. The Labute approximate surface area is 196 Å². The number of ether oxygens (including phenoxy) is 3. The number of benzene rings is 2. The van der Waals surface area contributed by atoms with Crippen LogP contribution in [0.4, 0.5) is 5.69 Å². The molecule has 2 N–H and O–H groups in total. The summed E-state index contributed by atoms with van der Waals surface area (Å²) in [6.07, 6.45) is 1.44. The lowest BCUT2D eigenvalue weighted by Gasteiger charge is -2.36. The van der Waals surface area contributed by atoms with Crippen molar-refractivity contribution >= 4 is 15.7 Å². The standard InChI is InChI=1S/C24H33N3O5S/c1-24(2)17-18-14-21(33(25,28)29)16-22(23(18)32-24)31-13-5-8-26-9-11-27(12-10-26)19-6-4-7-20(15-19)30-3/h4,6-7,14-16H,5,8-13,17H2,1-3H3,(H2,25,28,29). The molecule has 8 nitrogen and oxygen atoms in total. The number of hydrogen-bond donors (Lipinski definition) is 1. The lowest BCUT2D eigenvalue weighted by molar-refractivity contribution is 0.131. The minimum absolute atomic E-state index is 0.0613. The Hall–Kier alpha value is -2.49. The van der Waals surface area contributed by atoms with Crippen LogP contribution in [0.1, 0.15) is 25.8 Å². The first kappa shape index (κ1) is 23.7. The molecule has 0 saturated carbocycles. The summed E-state index contributed by atoms with van der Waals surface area (Å²) in [7, 11) is -2.13. The number of nitrogens with zero attached hydrogens (tertiary/aromatic N) is 2. The predicted molar refractivity (Wildman–Crippen MR) is 128 cm³/mol. The van der Waals surface area contributed by atoms with E-state index in [0.717, 1.165) is 50.5 Å². The molecular weight excluding hydrogens is 442 g/mol. The fraction of sp³-hybridized carbons (Fsp3) is 0.500. The van der Waals surface area contributed by atoms with E-state index in [-0.39, 0.29) is 4.90 Å². The van der Waals surface area contributed by atoms with Crippen LogP contribution < -0.4 is 24.2 Å². The Morgan fingerprint density at radius 2 is 1.88 bits per heavy atom. The SMILES string of the molecule is COc1cccc(N2CCN(CCCOc3cc(S(N)(=O)=O)cc4c3OC(C)(C)C4)CC2)c1. The summed E-state index contributed by atoms with van der Waals surface area (Å²) < 4.78 is 41.2. The van der Waals surface area contributed by atoms with Gasteiger partial charge in [0, 0.05) is 62.5 Å². The van der Waals surface area contributed by atoms with Gasteiger partial charge in [0.2, 0.25) is 10.0 Å². The van der Waals surface area contributed by atoms with Crippen molar-refractivity contribution in [3.8, 4) is 17.2 Å². The molecule has 0 radical (unpaired) electrons. The van der Waals surface area contributed by atoms with E-state index in [1.54, 1.807) is 13.2 Å². The normalized spacial score (nSPS) is 18.0. The summed E-state index contributed by atoms with van der Waals surface area (Å²) in [6.45, 7) is 9.20. The maximum Gasteiger partial charge on any atom is 0.238 e. The van der Waals surface area contributed by atoms with Gasteiger partial charge in [-0.25, -0.2) is 13.6 Å². The number of piperazine rings is 1. The summed E-state index contributed by atoms with van der Waals surface area (Å²) in [4.78, 5) is 4.85. The van der Waals surface area contributed by atoms with Gasteiger partial charge in [-0.1, -0.05) is 6.07 Å². The van der Waals surface area contributed by atoms with Crippen LogP contribution in [0.15, 0.2) is 41.3 Å². The molecule has 0 aliphatic carbocycles. The number of sulfonamides is 1. The molecule has 180 valence electrons. The average molecular weight is 476 g/mol. The first-order chi connectivity index (χ1) is 15.6. The van der Waals surface area contributed by atoms with Crippen molar-refractivity contribution in [3.05, 3.63) is 42.0 Å². The van der Waals surface area contributed by atoms with Crippen molar-refractivity contribution in [3.63, 3.8) is 0 Å². The molecular formula is C24H33N3O5S. The van der Waals surface area contributed by atoms with Crippen LogP contribution in [0.2, 0.25) is 0 Å². The van der Waals surface area contributed by atoms with Crippen LogP contribution in [0.5, 0.6) is 17.2 Å². The third-order valence-corrected chi connectivity index (χ3v) is 6.99. The Balaban J connectivity index is 1.30. The van der Waals surface area contributed by atoms with Crippen LogP contribution >= 0.6 is 0 Å². The second-order valence-corrected chi connectivity index (χ2v) is 10.8. The number of methoxy groups -OCH3 is 1. The molecule has 4 rings (SSSR count). The van der Waals surface area contributed by atoms with Crippen molar-refractivity contribution in [1.29, 1.82) is 0 Å². The lowest BCUT2D eigenvalue weighted by atomic mass is 10.0. The maximum absolute atomic E-state index is 11.9. The quantitative estimate of drug-likeness (QED) is 0.587. The van der Waals surface area contributed by atoms with Crippen LogP contribution in [-0.2, 0) is 16.4 Å². The molecule has 0 aromatic heterocycles. The van der Waals surface area contributed by atoms with E-state index in [1.807, 2.05) is 26.0 Å². The van der Waals surface area contributed by atoms with Crippen molar-refractivity contribution in [2.75, 3.05) is 51.3 Å². The monoisotopic (exact) mass is 475 g/mol. The summed E-state index contributed by atoms with van der Waals surface area (Å²) in [5.41, 5.74) is 1.60. The van der Waals surface area contributed by atoms with Gasteiger partial charge in [-0.15, -0.1) is 0 Å². The van der Waals surface area contributed by atoms with Crippen molar-refractivity contribution in [2.45, 2.75) is 37.2 Å². The average Bonchev–Trinajstić information content (AvgIpc) is 3.10. The molecule has 0 spiro atoms.